The fourth-order valence-electron chi connectivity index (χ4n) is 6.04. The van der Waals surface area contributed by atoms with Crippen molar-refractivity contribution in [2.24, 2.45) is 0 Å². The Morgan fingerprint density at radius 1 is 0.500 bits per heavy atom. The van der Waals surface area contributed by atoms with Crippen molar-refractivity contribution < 1.29 is 47.6 Å². The summed E-state index contributed by atoms with van der Waals surface area (Å²) in [6.07, 6.45) is 21.3. The third-order valence-electron chi connectivity index (χ3n) is 9.37. The largest absolute Gasteiger partial charge is 0.494 e. The summed E-state index contributed by atoms with van der Waals surface area (Å²) in [5.74, 6) is -0.227. The van der Waals surface area contributed by atoms with Crippen molar-refractivity contribution in [3.8, 4) is 23.0 Å². The number of ether oxygens (including phenoxy) is 6. The molecule has 0 saturated carbocycles. The molecule has 0 saturated heterocycles. The van der Waals surface area contributed by atoms with Crippen LogP contribution in [0.3, 0.4) is 0 Å². The van der Waals surface area contributed by atoms with E-state index in [1.165, 1.54) is 88.1 Å². The first kappa shape index (κ1) is 47.0. The summed E-state index contributed by atoms with van der Waals surface area (Å²) in [5.41, 5.74) is 0.597. The van der Waals surface area contributed by atoms with Gasteiger partial charge in [-0.1, -0.05) is 110 Å². The average molecular weight is 799 g/mol. The molecule has 0 N–H and O–H groups in total. The van der Waals surface area contributed by atoms with Crippen molar-refractivity contribution in [2.75, 3.05) is 13.2 Å². The number of hydrogen-bond acceptors (Lipinski definition) is 10. The van der Waals surface area contributed by atoms with Crippen LogP contribution < -0.4 is 18.9 Å². The van der Waals surface area contributed by atoms with Gasteiger partial charge in [-0.05, 0) is 92.1 Å². The van der Waals surface area contributed by atoms with E-state index in [4.69, 9.17) is 28.4 Å². The molecule has 10 heteroatoms. The van der Waals surface area contributed by atoms with Crippen LogP contribution in [0.15, 0.2) is 98.1 Å². The van der Waals surface area contributed by atoms with Crippen LogP contribution in [0.1, 0.15) is 143 Å². The normalized spacial score (nSPS) is 11.2. The summed E-state index contributed by atoms with van der Waals surface area (Å²) in [4.78, 5) is 48.5. The number of unbranched alkanes of at least 4 members (excludes halogenated alkanes) is 15. The Kier molecular flexibility index (Phi) is 23.4. The van der Waals surface area contributed by atoms with Crippen LogP contribution in [0.2, 0.25) is 0 Å². The van der Waals surface area contributed by atoms with Crippen LogP contribution >= 0.6 is 0 Å². The van der Waals surface area contributed by atoms with E-state index in [0.717, 1.165) is 57.4 Å². The highest BCUT2D eigenvalue weighted by atomic mass is 16.7. The Hall–Kier alpha value is -5.38. The summed E-state index contributed by atoms with van der Waals surface area (Å²) in [6.45, 7) is 10.2. The van der Waals surface area contributed by atoms with Crippen LogP contribution in [0, 0.1) is 0 Å². The molecule has 10 nitrogen and oxygen atoms in total. The van der Waals surface area contributed by atoms with E-state index < -0.39 is 24.2 Å². The Labute approximate surface area is 344 Å². The molecule has 0 spiro atoms. The van der Waals surface area contributed by atoms with Crippen LogP contribution in [0.4, 0.5) is 0 Å². The first-order chi connectivity index (χ1) is 28.3. The molecule has 0 aliphatic carbocycles. The molecule has 3 aromatic rings. The third kappa shape index (κ3) is 20.2. The minimum atomic E-state index is -0.763. The number of rotatable bonds is 31. The molecule has 0 heterocycles. The van der Waals surface area contributed by atoms with Crippen LogP contribution in [0.25, 0.3) is 0 Å². The van der Waals surface area contributed by atoms with Crippen molar-refractivity contribution in [1.29, 1.82) is 0 Å². The van der Waals surface area contributed by atoms with Gasteiger partial charge in [0.2, 0.25) is 6.29 Å². The molecule has 1 unspecified atom stereocenters. The number of carbonyl (C=O) groups excluding carboxylic acids is 4. The van der Waals surface area contributed by atoms with Gasteiger partial charge in [-0.3, -0.25) is 0 Å². The summed E-state index contributed by atoms with van der Waals surface area (Å²) >= 11 is 0. The highest BCUT2D eigenvalue weighted by molar-refractivity contribution is 5.92. The zero-order valence-electron chi connectivity index (χ0n) is 34.3. The van der Waals surface area contributed by atoms with Crippen molar-refractivity contribution >= 4 is 23.9 Å². The van der Waals surface area contributed by atoms with Gasteiger partial charge in [0, 0.05) is 18.6 Å². The molecule has 314 valence electrons. The van der Waals surface area contributed by atoms with Gasteiger partial charge in [-0.2, -0.15) is 0 Å². The van der Waals surface area contributed by atoms with Crippen molar-refractivity contribution in [2.45, 2.75) is 129 Å². The van der Waals surface area contributed by atoms with Gasteiger partial charge in [0.25, 0.3) is 0 Å². The summed E-state index contributed by atoms with van der Waals surface area (Å²) in [6, 6.07) is 19.4. The van der Waals surface area contributed by atoms with Gasteiger partial charge in [0.1, 0.15) is 23.0 Å². The molecule has 3 aromatic carbocycles. The van der Waals surface area contributed by atoms with E-state index in [1.54, 1.807) is 48.5 Å². The van der Waals surface area contributed by atoms with Crippen molar-refractivity contribution in [3.63, 3.8) is 0 Å². The van der Waals surface area contributed by atoms with Gasteiger partial charge in [-0.15, -0.1) is 0 Å². The first-order valence-corrected chi connectivity index (χ1v) is 21.0. The van der Waals surface area contributed by atoms with Gasteiger partial charge in [-0.25, -0.2) is 19.2 Å². The zero-order chi connectivity index (χ0) is 41.6. The molecule has 0 aliphatic heterocycles. The van der Waals surface area contributed by atoms with E-state index in [2.05, 4.69) is 20.1 Å². The predicted molar refractivity (Wildman–Crippen MR) is 225 cm³/mol. The van der Waals surface area contributed by atoms with E-state index >= 15 is 0 Å². The second-order valence-corrected chi connectivity index (χ2v) is 14.2. The molecule has 0 radical (unpaired) electrons. The summed E-state index contributed by atoms with van der Waals surface area (Å²) in [7, 11) is 0. The number of benzene rings is 3. The lowest BCUT2D eigenvalue weighted by Gasteiger charge is -2.19. The second-order valence-electron chi connectivity index (χ2n) is 14.2. The molecule has 0 fully saturated rings. The molecular weight excluding hydrogens is 737 g/mol. The van der Waals surface area contributed by atoms with Gasteiger partial charge in [0.15, 0.2) is 0 Å². The topological polar surface area (TPSA) is 124 Å². The van der Waals surface area contributed by atoms with E-state index in [1.807, 2.05) is 0 Å². The maximum absolute atomic E-state index is 12.8. The lowest BCUT2D eigenvalue weighted by atomic mass is 10.1. The monoisotopic (exact) mass is 798 g/mol. The SMILES string of the molecule is C=CC(=O)OCCCCCCCCCCCOc1ccc(OC(=O)c2ccc(OC(=O)c3ccc(OC(CCCCCCCCCC)OC(=O)C=C)cc3)cc2)cc1. The predicted octanol–water partition coefficient (Wildman–Crippen LogP) is 11.7. The minimum absolute atomic E-state index is 0.266. The highest BCUT2D eigenvalue weighted by Crippen LogP contribution is 2.22. The lowest BCUT2D eigenvalue weighted by Crippen LogP contribution is -2.23. The Morgan fingerprint density at radius 2 is 0.914 bits per heavy atom. The van der Waals surface area contributed by atoms with Gasteiger partial charge < -0.3 is 28.4 Å². The first-order valence-electron chi connectivity index (χ1n) is 21.0. The summed E-state index contributed by atoms with van der Waals surface area (Å²) < 4.78 is 33.2. The smallest absolute Gasteiger partial charge is 0.343 e. The van der Waals surface area contributed by atoms with Crippen LogP contribution in [-0.2, 0) is 19.1 Å². The van der Waals surface area contributed by atoms with Gasteiger partial charge >= 0.3 is 23.9 Å². The number of esters is 4. The maximum atomic E-state index is 12.8. The van der Waals surface area contributed by atoms with E-state index in [9.17, 15) is 19.2 Å². The molecule has 1 atom stereocenters. The number of hydrogen-bond donors (Lipinski definition) is 0. The quantitative estimate of drug-likeness (QED) is 0.0204. The molecular formula is C48H62O10. The highest BCUT2D eigenvalue weighted by Gasteiger charge is 2.16. The maximum Gasteiger partial charge on any atom is 0.343 e. The Balaban J connectivity index is 1.32. The molecule has 0 amide bonds. The lowest BCUT2D eigenvalue weighted by molar-refractivity contribution is -0.158. The van der Waals surface area contributed by atoms with E-state index in [-0.39, 0.29) is 11.7 Å². The van der Waals surface area contributed by atoms with Gasteiger partial charge in [0.05, 0.1) is 24.3 Å². The Morgan fingerprint density at radius 3 is 1.41 bits per heavy atom. The molecule has 58 heavy (non-hydrogen) atoms. The third-order valence-corrected chi connectivity index (χ3v) is 9.37. The van der Waals surface area contributed by atoms with E-state index in [0.29, 0.717) is 48.0 Å². The minimum Gasteiger partial charge on any atom is -0.494 e. The van der Waals surface area contributed by atoms with Crippen LogP contribution in [-0.4, -0.2) is 43.4 Å². The average Bonchev–Trinajstić information content (AvgIpc) is 3.24. The Bertz CT molecular complexity index is 1650. The number of carbonyl (C=O) groups is 4. The van der Waals surface area contributed by atoms with Crippen LogP contribution in [0.5, 0.6) is 23.0 Å². The zero-order valence-corrected chi connectivity index (χ0v) is 34.3. The summed E-state index contributed by atoms with van der Waals surface area (Å²) in [5, 5.41) is 0. The second kappa shape index (κ2) is 28.9. The molecule has 0 aromatic heterocycles. The molecule has 0 bridgehead atoms. The fraction of sp³-hybridized carbons (Fsp3) is 0.458. The molecule has 0 aliphatic rings. The fourth-order valence-corrected chi connectivity index (χ4v) is 6.04. The van der Waals surface area contributed by atoms with Crippen molar-refractivity contribution in [3.05, 3.63) is 109 Å². The standard InChI is InChI=1S/C48H62O10/c1-4-7-8-9-10-14-17-20-23-46(58-45(50)6-3)55-41-28-24-38(25-29-41)47(51)56-42-30-26-39(27-31-42)48(52)57-43-34-32-40(33-35-43)53-36-21-18-15-12-11-13-16-19-22-37-54-44(49)5-2/h5-6,24-35,46H,2-4,7-23,36-37H2,1H3. The molecule has 3 rings (SSSR count). The van der Waals surface area contributed by atoms with Crippen molar-refractivity contribution in [1.82, 2.24) is 0 Å².